The van der Waals surface area contributed by atoms with Crippen LogP contribution in [0.1, 0.15) is 28.7 Å². The van der Waals surface area contributed by atoms with E-state index in [4.69, 9.17) is 0 Å². The van der Waals surface area contributed by atoms with Crippen LogP contribution in [0.3, 0.4) is 0 Å². The van der Waals surface area contributed by atoms with Gasteiger partial charge in [-0.15, -0.1) is 0 Å². The summed E-state index contributed by atoms with van der Waals surface area (Å²) in [5, 5.41) is 21.7. The van der Waals surface area contributed by atoms with Gasteiger partial charge in [0, 0.05) is 37.3 Å². The number of benzene rings is 4. The molecule has 0 atom stereocenters. The molecule has 2 N–H and O–H groups in total. The van der Waals surface area contributed by atoms with Gasteiger partial charge in [0.1, 0.15) is 11.5 Å². The van der Waals surface area contributed by atoms with Crippen molar-refractivity contribution < 1.29 is 10.2 Å². The highest BCUT2D eigenvalue weighted by Crippen LogP contribution is 2.33. The second kappa shape index (κ2) is 10.6. The lowest BCUT2D eigenvalue weighted by Gasteiger charge is -2.36. The van der Waals surface area contributed by atoms with Crippen LogP contribution in [0.4, 0.5) is 0 Å². The predicted octanol–water partition coefficient (Wildman–Crippen LogP) is 6.71. The Labute approximate surface area is 214 Å². The molecule has 0 aliphatic carbocycles. The summed E-state index contributed by atoms with van der Waals surface area (Å²) in [5.74, 6) is 0.770. The summed E-state index contributed by atoms with van der Waals surface area (Å²) in [7, 11) is 0. The highest BCUT2D eigenvalue weighted by molar-refractivity contribution is 5.68. The molecule has 4 heteroatoms. The van der Waals surface area contributed by atoms with Crippen LogP contribution in [-0.4, -0.2) is 39.8 Å². The van der Waals surface area contributed by atoms with Crippen molar-refractivity contribution in [2.24, 2.45) is 0 Å². The molecule has 0 radical (unpaired) electrons. The number of phenolic OH excluding ortho intramolecular Hbond substituents is 2. The van der Waals surface area contributed by atoms with E-state index in [2.05, 4.69) is 58.3 Å². The molecule has 0 unspecified atom stereocenters. The van der Waals surface area contributed by atoms with Crippen LogP contribution in [0.2, 0.25) is 0 Å². The van der Waals surface area contributed by atoms with Crippen molar-refractivity contribution in [3.05, 3.63) is 107 Å². The molecular formula is C32H34N2O2. The molecule has 0 aromatic heterocycles. The molecule has 1 fully saturated rings. The van der Waals surface area contributed by atoms with Crippen molar-refractivity contribution in [3.8, 4) is 33.8 Å². The van der Waals surface area contributed by atoms with Crippen LogP contribution in [0.15, 0.2) is 84.9 Å². The minimum atomic E-state index is 0.385. The molecule has 1 aliphatic rings. The number of aromatic hydroxyl groups is 2. The van der Waals surface area contributed by atoms with Gasteiger partial charge in [-0.2, -0.15) is 0 Å². The average Bonchev–Trinajstić information content (AvgIpc) is 2.90. The van der Waals surface area contributed by atoms with Gasteiger partial charge in [0.15, 0.2) is 0 Å². The Hall–Kier alpha value is -3.60. The van der Waals surface area contributed by atoms with Crippen LogP contribution in [0, 0.1) is 13.8 Å². The maximum Gasteiger partial charge on any atom is 0.123 e. The number of aryl methyl sites for hydroxylation is 2. The van der Waals surface area contributed by atoms with Gasteiger partial charge in [0.25, 0.3) is 0 Å². The average molecular weight is 479 g/mol. The summed E-state index contributed by atoms with van der Waals surface area (Å²) in [6, 6.07) is 29.0. The van der Waals surface area contributed by atoms with Crippen molar-refractivity contribution in [2.45, 2.75) is 33.4 Å². The molecule has 4 aromatic carbocycles. The normalized spacial score (nSPS) is 14.7. The number of phenols is 2. The van der Waals surface area contributed by atoms with E-state index in [1.165, 1.54) is 0 Å². The third-order valence-corrected chi connectivity index (χ3v) is 7.11. The highest BCUT2D eigenvalue weighted by Gasteiger charge is 2.21. The fraction of sp³-hybridized carbons (Fsp3) is 0.250. The third-order valence-electron chi connectivity index (χ3n) is 7.11. The summed E-state index contributed by atoms with van der Waals surface area (Å²) in [6.07, 6.45) is 1.05. The Morgan fingerprint density at radius 3 is 1.42 bits per heavy atom. The summed E-state index contributed by atoms with van der Waals surface area (Å²) in [4.78, 5) is 4.77. The maximum atomic E-state index is 10.8. The lowest BCUT2D eigenvalue weighted by Crippen LogP contribution is -2.43. The van der Waals surface area contributed by atoms with E-state index >= 15 is 0 Å². The quantitative estimate of drug-likeness (QED) is 0.323. The SMILES string of the molecule is Cc1cc(-c2ccccc2)cc(CN2CCCN(Cc3cc(-c4ccccc4)cc(C)c3O)C2)c1O. The zero-order chi connectivity index (χ0) is 25.1. The monoisotopic (exact) mass is 478 g/mol. The Kier molecular flexibility index (Phi) is 7.08. The van der Waals surface area contributed by atoms with Crippen molar-refractivity contribution in [3.63, 3.8) is 0 Å². The van der Waals surface area contributed by atoms with Crippen LogP contribution in [-0.2, 0) is 13.1 Å². The van der Waals surface area contributed by atoms with Gasteiger partial charge in [0.05, 0.1) is 6.67 Å². The van der Waals surface area contributed by atoms with Crippen LogP contribution >= 0.6 is 0 Å². The lowest BCUT2D eigenvalue weighted by molar-refractivity contribution is 0.0734. The van der Waals surface area contributed by atoms with Gasteiger partial charge in [-0.1, -0.05) is 60.7 Å². The zero-order valence-electron chi connectivity index (χ0n) is 21.1. The second-order valence-electron chi connectivity index (χ2n) is 9.93. The molecule has 0 amide bonds. The molecule has 184 valence electrons. The van der Waals surface area contributed by atoms with E-state index < -0.39 is 0 Å². The van der Waals surface area contributed by atoms with Gasteiger partial charge in [-0.25, -0.2) is 0 Å². The van der Waals surface area contributed by atoms with Gasteiger partial charge < -0.3 is 10.2 Å². The van der Waals surface area contributed by atoms with Crippen LogP contribution in [0.25, 0.3) is 22.3 Å². The highest BCUT2D eigenvalue weighted by atomic mass is 16.3. The first-order valence-corrected chi connectivity index (χ1v) is 12.7. The van der Waals surface area contributed by atoms with E-state index in [0.29, 0.717) is 24.6 Å². The molecule has 36 heavy (non-hydrogen) atoms. The first-order chi connectivity index (χ1) is 17.5. The summed E-state index contributed by atoms with van der Waals surface area (Å²) in [5.41, 5.74) is 8.30. The second-order valence-corrected chi connectivity index (χ2v) is 9.93. The maximum absolute atomic E-state index is 10.8. The molecule has 1 saturated heterocycles. The molecule has 4 aromatic rings. The third kappa shape index (κ3) is 5.30. The first-order valence-electron chi connectivity index (χ1n) is 12.7. The van der Waals surface area contributed by atoms with Crippen LogP contribution in [0.5, 0.6) is 11.5 Å². The molecule has 1 heterocycles. The Morgan fingerprint density at radius 2 is 1.00 bits per heavy atom. The fourth-order valence-electron chi connectivity index (χ4n) is 5.22. The number of hydrogen-bond acceptors (Lipinski definition) is 4. The van der Waals surface area contributed by atoms with Crippen LogP contribution < -0.4 is 0 Å². The predicted molar refractivity (Wildman–Crippen MR) is 147 cm³/mol. The largest absolute Gasteiger partial charge is 0.507 e. The van der Waals surface area contributed by atoms with Crippen molar-refractivity contribution in [1.29, 1.82) is 0 Å². The zero-order valence-corrected chi connectivity index (χ0v) is 21.1. The summed E-state index contributed by atoms with van der Waals surface area (Å²) >= 11 is 0. The Morgan fingerprint density at radius 1 is 0.583 bits per heavy atom. The Balaban J connectivity index is 1.33. The number of hydrogen-bond donors (Lipinski definition) is 2. The lowest BCUT2D eigenvalue weighted by atomic mass is 9.98. The van der Waals surface area contributed by atoms with Gasteiger partial charge >= 0.3 is 0 Å². The van der Waals surface area contributed by atoms with Crippen molar-refractivity contribution >= 4 is 0 Å². The number of rotatable bonds is 6. The van der Waals surface area contributed by atoms with E-state index in [9.17, 15) is 10.2 Å². The molecule has 0 saturated carbocycles. The fourth-order valence-corrected chi connectivity index (χ4v) is 5.22. The molecular weight excluding hydrogens is 444 g/mol. The van der Waals surface area contributed by atoms with Gasteiger partial charge in [0.2, 0.25) is 0 Å². The number of nitrogens with zero attached hydrogens (tertiary/aromatic N) is 2. The molecule has 0 bridgehead atoms. The van der Waals surface area contributed by atoms with Gasteiger partial charge in [-0.05, 0) is 77.9 Å². The molecule has 4 nitrogen and oxygen atoms in total. The summed E-state index contributed by atoms with van der Waals surface area (Å²) < 4.78 is 0. The standard InChI is InChI=1S/C32H34N2O2/c1-23-16-27(25-10-5-3-6-11-25)18-29(31(23)35)20-33-14-9-15-34(22-33)21-30-19-28(17-24(2)32(30)36)26-12-7-4-8-13-26/h3-8,10-13,16-19,35-36H,9,14-15,20-22H2,1-2H3. The minimum Gasteiger partial charge on any atom is -0.507 e. The van der Waals surface area contributed by atoms with E-state index in [0.717, 1.165) is 70.7 Å². The molecule has 1 aliphatic heterocycles. The molecule has 5 rings (SSSR count). The minimum absolute atomic E-state index is 0.385. The van der Waals surface area contributed by atoms with Crippen molar-refractivity contribution in [2.75, 3.05) is 19.8 Å². The van der Waals surface area contributed by atoms with Gasteiger partial charge in [-0.3, -0.25) is 9.80 Å². The van der Waals surface area contributed by atoms with Crippen molar-refractivity contribution in [1.82, 2.24) is 9.80 Å². The van der Waals surface area contributed by atoms with E-state index in [-0.39, 0.29) is 0 Å². The molecule has 0 spiro atoms. The Bertz CT molecular complexity index is 1230. The smallest absolute Gasteiger partial charge is 0.123 e. The van der Waals surface area contributed by atoms with E-state index in [1.54, 1.807) is 0 Å². The van der Waals surface area contributed by atoms with E-state index in [1.807, 2.05) is 50.2 Å². The first kappa shape index (κ1) is 24.1. The topological polar surface area (TPSA) is 46.9 Å². The summed E-state index contributed by atoms with van der Waals surface area (Å²) in [6.45, 7) is 8.09.